The fraction of sp³-hybridized carbons (Fsp3) is 1.00. The Balaban J connectivity index is 1.56. The molecule has 3 rings (SSSR count). The van der Waals surface area contributed by atoms with Gasteiger partial charge in [-0.2, -0.15) is 0 Å². The molecule has 2 heterocycles. The van der Waals surface area contributed by atoms with Crippen LogP contribution in [0.15, 0.2) is 0 Å². The fourth-order valence-electron chi connectivity index (χ4n) is 4.29. The van der Waals surface area contributed by atoms with Crippen LogP contribution in [0.3, 0.4) is 0 Å². The van der Waals surface area contributed by atoms with Crippen LogP contribution < -0.4 is 22.9 Å². The maximum atomic E-state index is 10.2. The van der Waals surface area contributed by atoms with E-state index in [0.29, 0.717) is 6.42 Å². The molecule has 31 heavy (non-hydrogen) atoms. The van der Waals surface area contributed by atoms with Crippen LogP contribution in [-0.4, -0.2) is 118 Å². The molecule has 0 aromatic carbocycles. The summed E-state index contributed by atoms with van der Waals surface area (Å²) in [5.41, 5.74) is 23.6. The quantitative estimate of drug-likeness (QED) is 0.183. The summed E-state index contributed by atoms with van der Waals surface area (Å²) < 4.78 is 22.8. The zero-order chi connectivity index (χ0) is 22.9. The van der Waals surface area contributed by atoms with E-state index in [1.807, 2.05) is 0 Å². The summed E-state index contributed by atoms with van der Waals surface area (Å²) in [4.78, 5) is 0. The van der Waals surface area contributed by atoms with Gasteiger partial charge in [-0.1, -0.05) is 0 Å². The maximum Gasteiger partial charge on any atom is 0.186 e. The molecule has 13 atom stereocenters. The van der Waals surface area contributed by atoms with Gasteiger partial charge in [-0.3, -0.25) is 0 Å². The zero-order valence-corrected chi connectivity index (χ0v) is 17.2. The van der Waals surface area contributed by atoms with E-state index in [4.69, 9.17) is 41.9 Å². The van der Waals surface area contributed by atoms with Gasteiger partial charge in [0.1, 0.15) is 36.6 Å². The van der Waals surface area contributed by atoms with Crippen molar-refractivity contribution in [1.82, 2.24) is 0 Å². The topological polar surface area (TPSA) is 242 Å². The van der Waals surface area contributed by atoms with E-state index in [-0.39, 0.29) is 25.9 Å². The number of nitrogens with two attached hydrogens (primary N) is 4. The van der Waals surface area contributed by atoms with Crippen molar-refractivity contribution in [1.29, 1.82) is 0 Å². The van der Waals surface area contributed by atoms with Gasteiger partial charge < -0.3 is 67.4 Å². The number of hydrogen-bond donors (Lipinski definition) is 9. The smallest absolute Gasteiger partial charge is 0.186 e. The number of rotatable bonds is 6. The molecule has 0 radical (unpaired) electrons. The summed E-state index contributed by atoms with van der Waals surface area (Å²) in [6.07, 6.45) is -10.5. The van der Waals surface area contributed by atoms with Crippen LogP contribution in [-0.2, 0) is 18.9 Å². The second kappa shape index (κ2) is 10.6. The van der Waals surface area contributed by atoms with Gasteiger partial charge in [-0.25, -0.2) is 0 Å². The van der Waals surface area contributed by atoms with E-state index in [9.17, 15) is 25.5 Å². The number of ether oxygens (including phenoxy) is 4. The van der Waals surface area contributed by atoms with Gasteiger partial charge in [0.05, 0.1) is 18.3 Å². The third-order valence-corrected chi connectivity index (χ3v) is 6.27. The van der Waals surface area contributed by atoms with Crippen molar-refractivity contribution >= 4 is 0 Å². The average Bonchev–Trinajstić information content (AvgIpc) is 2.74. The lowest BCUT2D eigenvalue weighted by atomic mass is 9.86. The van der Waals surface area contributed by atoms with Crippen LogP contribution >= 0.6 is 0 Å². The summed E-state index contributed by atoms with van der Waals surface area (Å²) in [7, 11) is 0. The molecule has 13 N–H and O–H groups in total. The van der Waals surface area contributed by atoms with Gasteiger partial charge in [0.15, 0.2) is 12.6 Å². The Bertz CT molecular complexity index is 576. The van der Waals surface area contributed by atoms with Crippen LogP contribution in [0.25, 0.3) is 0 Å². The van der Waals surface area contributed by atoms with Gasteiger partial charge in [-0.05, 0) is 12.8 Å². The lowest BCUT2D eigenvalue weighted by Gasteiger charge is -2.45. The highest BCUT2D eigenvalue weighted by molar-refractivity contribution is 4.95. The normalized spacial score (nSPS) is 51.6. The Hall–Kier alpha value is -0.520. The molecule has 182 valence electrons. The molecular weight excluding hydrogens is 416 g/mol. The van der Waals surface area contributed by atoms with Crippen molar-refractivity contribution in [2.45, 2.75) is 98.9 Å². The highest BCUT2D eigenvalue weighted by Gasteiger charge is 2.47. The van der Waals surface area contributed by atoms with Crippen molar-refractivity contribution in [3.63, 3.8) is 0 Å². The van der Waals surface area contributed by atoms with Gasteiger partial charge in [0.2, 0.25) is 0 Å². The Morgan fingerprint density at radius 3 is 1.81 bits per heavy atom. The SMILES string of the molecule is NCC1O[C@H](OC2C[C@@H](N)C(O[C@H]3O[C@H](CN)[C@@H](O)[C@H](O)[C@H]3O)C[C@H]2N)C[C@@H](O)[C@@H]1O. The third-order valence-electron chi connectivity index (χ3n) is 6.27. The predicted molar refractivity (Wildman–Crippen MR) is 105 cm³/mol. The largest absolute Gasteiger partial charge is 0.390 e. The third kappa shape index (κ3) is 5.52. The van der Waals surface area contributed by atoms with E-state index in [1.54, 1.807) is 0 Å². The summed E-state index contributed by atoms with van der Waals surface area (Å²) in [6.45, 7) is -0.0407. The summed E-state index contributed by atoms with van der Waals surface area (Å²) in [5, 5.41) is 50.0. The number of aliphatic hydroxyl groups is 5. The van der Waals surface area contributed by atoms with E-state index in [1.165, 1.54) is 0 Å². The molecule has 2 saturated heterocycles. The van der Waals surface area contributed by atoms with Crippen molar-refractivity contribution in [2.75, 3.05) is 13.1 Å². The monoisotopic (exact) mass is 452 g/mol. The Kier molecular flexibility index (Phi) is 8.59. The molecule has 2 aliphatic heterocycles. The van der Waals surface area contributed by atoms with Crippen molar-refractivity contribution < 1.29 is 44.5 Å². The van der Waals surface area contributed by atoms with Crippen LogP contribution in [0.5, 0.6) is 0 Å². The van der Waals surface area contributed by atoms with Crippen molar-refractivity contribution in [3.8, 4) is 0 Å². The molecule has 1 aliphatic carbocycles. The molecule has 0 aromatic rings. The van der Waals surface area contributed by atoms with Crippen LogP contribution in [0.1, 0.15) is 19.3 Å². The highest BCUT2D eigenvalue weighted by atomic mass is 16.7. The fourth-order valence-corrected chi connectivity index (χ4v) is 4.29. The lowest BCUT2D eigenvalue weighted by molar-refractivity contribution is -0.311. The Morgan fingerprint density at radius 1 is 0.677 bits per heavy atom. The second-order valence-corrected chi connectivity index (χ2v) is 8.53. The van der Waals surface area contributed by atoms with Crippen molar-refractivity contribution in [3.05, 3.63) is 0 Å². The zero-order valence-electron chi connectivity index (χ0n) is 17.2. The predicted octanol–water partition coefficient (Wildman–Crippen LogP) is -5.23. The standard InChI is InChI=1S/C18H36N4O9/c19-4-11-14(24)8(23)3-13(29-11)28-9-1-7(22)10(2-6(9)21)30-18-17(27)16(26)15(25)12(5-20)31-18/h6-18,23-27H,1-5,19-22H2/t6-,7-,8-,9?,10?,11?,12-,13+,14+,15-,16+,17-,18+/m1/s1. The molecule has 3 fully saturated rings. The highest BCUT2D eigenvalue weighted by Crippen LogP contribution is 2.30. The van der Waals surface area contributed by atoms with Gasteiger partial charge in [0.25, 0.3) is 0 Å². The molecule has 0 aromatic heterocycles. The average molecular weight is 453 g/mol. The molecule has 1 saturated carbocycles. The first-order valence-corrected chi connectivity index (χ1v) is 10.6. The first kappa shape index (κ1) is 25.1. The molecular formula is C18H36N4O9. The molecule has 13 heteroatoms. The first-order chi connectivity index (χ1) is 14.7. The molecule has 0 amide bonds. The Morgan fingerprint density at radius 2 is 1.23 bits per heavy atom. The summed E-state index contributed by atoms with van der Waals surface area (Å²) in [5.74, 6) is 0. The van der Waals surface area contributed by atoms with E-state index >= 15 is 0 Å². The second-order valence-electron chi connectivity index (χ2n) is 8.53. The van der Waals surface area contributed by atoms with Gasteiger partial charge >= 0.3 is 0 Å². The molecule has 13 nitrogen and oxygen atoms in total. The first-order valence-electron chi connectivity index (χ1n) is 10.6. The van der Waals surface area contributed by atoms with E-state index in [2.05, 4.69) is 0 Å². The lowest BCUT2D eigenvalue weighted by Crippen LogP contribution is -2.62. The number of aliphatic hydroxyl groups excluding tert-OH is 5. The summed E-state index contributed by atoms with van der Waals surface area (Å²) >= 11 is 0. The van der Waals surface area contributed by atoms with E-state index in [0.717, 1.165) is 0 Å². The minimum atomic E-state index is -1.48. The van der Waals surface area contributed by atoms with Crippen LogP contribution in [0.2, 0.25) is 0 Å². The van der Waals surface area contributed by atoms with E-state index < -0.39 is 79.6 Å². The molecule has 3 aliphatic rings. The van der Waals surface area contributed by atoms with Crippen molar-refractivity contribution in [2.24, 2.45) is 22.9 Å². The number of hydrogen-bond acceptors (Lipinski definition) is 13. The van der Waals surface area contributed by atoms with Crippen LogP contribution in [0.4, 0.5) is 0 Å². The maximum absolute atomic E-state index is 10.2. The molecule has 3 unspecified atom stereocenters. The summed E-state index contributed by atoms with van der Waals surface area (Å²) in [6, 6.07) is -1.04. The van der Waals surface area contributed by atoms with Gasteiger partial charge in [-0.15, -0.1) is 0 Å². The molecule has 0 bridgehead atoms. The minimum Gasteiger partial charge on any atom is -0.390 e. The van der Waals surface area contributed by atoms with Crippen LogP contribution in [0, 0.1) is 0 Å². The Labute approximate surface area is 180 Å². The minimum absolute atomic E-state index is 0.0261. The molecule has 0 spiro atoms. The van der Waals surface area contributed by atoms with Gasteiger partial charge in [0, 0.05) is 31.6 Å².